The first kappa shape index (κ1) is 17.9. The largest absolute Gasteiger partial charge is 0.274 e. The topological polar surface area (TPSA) is 37.4 Å². The molecule has 3 aliphatic carbocycles. The predicted octanol–water partition coefficient (Wildman–Crippen LogP) is 5.63. The zero-order chi connectivity index (χ0) is 21.6. The van der Waals surface area contributed by atoms with Gasteiger partial charge in [0.05, 0.1) is 17.0 Å². The molecule has 0 radical (unpaired) electrons. The van der Waals surface area contributed by atoms with Gasteiger partial charge >= 0.3 is 0 Å². The molecule has 32 heavy (non-hydrogen) atoms. The second kappa shape index (κ2) is 5.95. The second-order valence-corrected chi connectivity index (χ2v) is 9.44. The Hall–Kier alpha value is -3.72. The van der Waals surface area contributed by atoms with Gasteiger partial charge in [-0.15, -0.1) is 0 Å². The maximum absolute atomic E-state index is 14.1. The number of rotatable bonds is 1. The lowest BCUT2D eigenvalue weighted by Crippen LogP contribution is -2.49. The quantitative estimate of drug-likeness (QED) is 0.378. The third-order valence-corrected chi connectivity index (χ3v) is 8.00. The molecule has 0 aromatic heterocycles. The van der Waals surface area contributed by atoms with E-state index < -0.39 is 11.3 Å². The molecule has 2 amide bonds. The molecular formula is C29H21NO2. The van der Waals surface area contributed by atoms with Crippen molar-refractivity contribution >= 4 is 28.3 Å². The zero-order valence-electron chi connectivity index (χ0n) is 17.7. The molecule has 1 heterocycles. The molecule has 154 valence electrons. The minimum absolute atomic E-state index is 0.0770. The van der Waals surface area contributed by atoms with Crippen LogP contribution >= 0.6 is 0 Å². The van der Waals surface area contributed by atoms with Gasteiger partial charge in [0.1, 0.15) is 0 Å². The van der Waals surface area contributed by atoms with E-state index in [9.17, 15) is 9.59 Å². The van der Waals surface area contributed by atoms with E-state index in [4.69, 9.17) is 0 Å². The molecule has 2 bridgehead atoms. The van der Waals surface area contributed by atoms with Crippen LogP contribution in [0.3, 0.4) is 0 Å². The third kappa shape index (κ3) is 1.97. The Kier molecular flexibility index (Phi) is 3.33. The summed E-state index contributed by atoms with van der Waals surface area (Å²) in [6.45, 7) is 2.02. The van der Waals surface area contributed by atoms with Gasteiger partial charge in [0.2, 0.25) is 11.8 Å². The average Bonchev–Trinajstić information content (AvgIpc) is 3.04. The van der Waals surface area contributed by atoms with Gasteiger partial charge in [-0.1, -0.05) is 78.9 Å². The van der Waals surface area contributed by atoms with Crippen molar-refractivity contribution < 1.29 is 9.59 Å². The van der Waals surface area contributed by atoms with Gasteiger partial charge < -0.3 is 0 Å². The third-order valence-electron chi connectivity index (χ3n) is 8.00. The Morgan fingerprint density at radius 2 is 1.25 bits per heavy atom. The van der Waals surface area contributed by atoms with Crippen molar-refractivity contribution in [3.05, 3.63) is 113 Å². The lowest BCUT2D eigenvalue weighted by molar-refractivity contribution is -0.128. The Bertz CT molecular complexity index is 1420. The van der Waals surface area contributed by atoms with E-state index in [-0.39, 0.29) is 23.7 Å². The number of nitrogens with zero attached hydrogens (tertiary/aromatic N) is 1. The first-order valence-corrected chi connectivity index (χ1v) is 11.2. The zero-order valence-corrected chi connectivity index (χ0v) is 17.7. The number of hydrogen-bond acceptors (Lipinski definition) is 2. The number of fused-ring (bicyclic) bond motifs is 1. The maximum atomic E-state index is 14.1. The molecule has 0 saturated carbocycles. The van der Waals surface area contributed by atoms with Gasteiger partial charge in [-0.3, -0.25) is 9.59 Å². The summed E-state index contributed by atoms with van der Waals surface area (Å²) in [6, 6.07) is 30.6. The van der Waals surface area contributed by atoms with Crippen molar-refractivity contribution in [2.24, 2.45) is 11.3 Å². The van der Waals surface area contributed by atoms with Crippen LogP contribution in [0.5, 0.6) is 0 Å². The van der Waals surface area contributed by atoms with Crippen molar-refractivity contribution in [3.8, 4) is 0 Å². The number of hydrogen-bond donors (Lipinski definition) is 0. The van der Waals surface area contributed by atoms with Crippen molar-refractivity contribution in [1.82, 2.24) is 0 Å². The van der Waals surface area contributed by atoms with Crippen LogP contribution in [0.2, 0.25) is 0 Å². The highest BCUT2D eigenvalue weighted by Crippen LogP contribution is 2.67. The van der Waals surface area contributed by atoms with Gasteiger partial charge in [-0.05, 0) is 52.1 Å². The van der Waals surface area contributed by atoms with Crippen molar-refractivity contribution in [2.45, 2.75) is 18.8 Å². The molecule has 1 aliphatic heterocycles. The molecule has 0 N–H and O–H groups in total. The summed E-state index contributed by atoms with van der Waals surface area (Å²) in [6.07, 6.45) is 0. The standard InChI is InChI=1S/C29H21NO2/c1-29-25-22-12-6-4-10-20(22)24(21-11-5-7-13-23(21)25)26(29)27(31)30(28(29)32)19-15-14-17-8-2-3-9-18(17)16-19/h2-16,24-26H,1H3/t24?,25?,26-,29+/m0/s1. The number of imide groups is 1. The van der Waals surface area contributed by atoms with Gasteiger partial charge in [-0.2, -0.15) is 0 Å². The molecule has 1 fully saturated rings. The van der Waals surface area contributed by atoms with Gasteiger partial charge in [-0.25, -0.2) is 4.90 Å². The molecule has 4 aromatic carbocycles. The molecule has 2 atom stereocenters. The minimum Gasteiger partial charge on any atom is -0.274 e. The monoisotopic (exact) mass is 415 g/mol. The molecule has 8 rings (SSSR count). The molecule has 3 heteroatoms. The Labute approximate surface area is 186 Å². The summed E-state index contributed by atoms with van der Waals surface area (Å²) in [5.41, 5.74) is 4.64. The summed E-state index contributed by atoms with van der Waals surface area (Å²) in [4.78, 5) is 29.6. The Morgan fingerprint density at radius 3 is 1.91 bits per heavy atom. The highest BCUT2D eigenvalue weighted by molar-refractivity contribution is 6.25. The average molecular weight is 415 g/mol. The summed E-state index contributed by atoms with van der Waals surface area (Å²) in [5.74, 6) is -0.768. The molecule has 0 unspecified atom stereocenters. The van der Waals surface area contributed by atoms with E-state index in [1.165, 1.54) is 27.2 Å². The molecule has 1 saturated heterocycles. The van der Waals surface area contributed by atoms with Crippen LogP contribution in [0.15, 0.2) is 91.0 Å². The molecule has 0 spiro atoms. The predicted molar refractivity (Wildman–Crippen MR) is 125 cm³/mol. The second-order valence-electron chi connectivity index (χ2n) is 9.44. The smallest absolute Gasteiger partial charge is 0.241 e. The lowest BCUT2D eigenvalue weighted by Gasteiger charge is -2.51. The van der Waals surface area contributed by atoms with E-state index in [0.29, 0.717) is 5.69 Å². The highest BCUT2D eigenvalue weighted by atomic mass is 16.2. The first-order valence-electron chi connectivity index (χ1n) is 11.2. The molecule has 4 aliphatic rings. The van der Waals surface area contributed by atoms with Gasteiger partial charge in [0.25, 0.3) is 0 Å². The van der Waals surface area contributed by atoms with Crippen LogP contribution in [0.1, 0.15) is 41.0 Å². The summed E-state index contributed by atoms with van der Waals surface area (Å²) in [5, 5.41) is 2.12. The fourth-order valence-electron chi connectivity index (χ4n) is 6.68. The summed E-state index contributed by atoms with van der Waals surface area (Å²) in [7, 11) is 0. The van der Waals surface area contributed by atoms with E-state index in [2.05, 4.69) is 24.3 Å². The van der Waals surface area contributed by atoms with Gasteiger partial charge in [0.15, 0.2) is 0 Å². The fourth-order valence-corrected chi connectivity index (χ4v) is 6.68. The van der Waals surface area contributed by atoms with E-state index in [1.807, 2.05) is 73.7 Å². The lowest BCUT2D eigenvalue weighted by atomic mass is 9.48. The minimum atomic E-state index is -0.796. The highest BCUT2D eigenvalue weighted by Gasteiger charge is 2.68. The summed E-state index contributed by atoms with van der Waals surface area (Å²) < 4.78 is 0. The van der Waals surface area contributed by atoms with Crippen LogP contribution in [0.25, 0.3) is 10.8 Å². The van der Waals surface area contributed by atoms with Crippen LogP contribution < -0.4 is 4.90 Å². The van der Waals surface area contributed by atoms with E-state index in [1.54, 1.807) is 0 Å². The molecular weight excluding hydrogens is 394 g/mol. The fraction of sp³-hybridized carbons (Fsp3) is 0.172. The summed E-state index contributed by atoms with van der Waals surface area (Å²) >= 11 is 0. The molecule has 3 nitrogen and oxygen atoms in total. The van der Waals surface area contributed by atoms with Crippen LogP contribution in [-0.4, -0.2) is 11.8 Å². The van der Waals surface area contributed by atoms with E-state index in [0.717, 1.165) is 10.8 Å². The van der Waals surface area contributed by atoms with Crippen molar-refractivity contribution in [3.63, 3.8) is 0 Å². The Morgan fingerprint density at radius 1 is 0.688 bits per heavy atom. The Balaban J connectivity index is 1.46. The number of anilines is 1. The van der Waals surface area contributed by atoms with Crippen molar-refractivity contribution in [2.75, 3.05) is 4.90 Å². The maximum Gasteiger partial charge on any atom is 0.241 e. The number of amides is 2. The number of carbonyl (C=O) groups is 2. The number of benzene rings is 4. The van der Waals surface area contributed by atoms with Crippen LogP contribution in [0, 0.1) is 11.3 Å². The molecule has 4 aromatic rings. The van der Waals surface area contributed by atoms with Crippen molar-refractivity contribution in [1.29, 1.82) is 0 Å². The normalized spacial score (nSPS) is 27.4. The van der Waals surface area contributed by atoms with E-state index >= 15 is 0 Å². The van der Waals surface area contributed by atoms with Crippen LogP contribution in [0.4, 0.5) is 5.69 Å². The number of carbonyl (C=O) groups excluding carboxylic acids is 2. The SMILES string of the molecule is C[C@]12C(=O)N(c3ccc4ccccc4c3)C(=O)[C@@H]1C1c3ccccc3C2c2ccccc21. The van der Waals surface area contributed by atoms with Gasteiger partial charge in [0, 0.05) is 11.8 Å². The van der Waals surface area contributed by atoms with Crippen LogP contribution in [-0.2, 0) is 9.59 Å². The first-order chi connectivity index (χ1) is 15.6.